The van der Waals surface area contributed by atoms with Crippen LogP contribution in [0.25, 0.3) is 0 Å². The van der Waals surface area contributed by atoms with Crippen molar-refractivity contribution in [2.45, 2.75) is 31.4 Å². The smallest absolute Gasteiger partial charge is 0.241 e. The molecular weight excluding hydrogens is 278 g/mol. The van der Waals surface area contributed by atoms with E-state index in [0.29, 0.717) is 13.1 Å². The van der Waals surface area contributed by atoms with Gasteiger partial charge in [-0.2, -0.15) is 0 Å². The first-order valence-corrected chi connectivity index (χ1v) is 8.08. The first-order valence-electron chi connectivity index (χ1n) is 8.08. The fraction of sp³-hybridized carbons (Fsp3) is 0.588. The van der Waals surface area contributed by atoms with Crippen LogP contribution in [0.5, 0.6) is 0 Å². The lowest BCUT2D eigenvalue weighted by molar-refractivity contribution is -0.121. The lowest BCUT2D eigenvalue weighted by Crippen LogP contribution is -2.52. The largest absolute Gasteiger partial charge is 0.381 e. The van der Waals surface area contributed by atoms with Gasteiger partial charge in [-0.15, -0.1) is 0 Å². The highest BCUT2D eigenvalue weighted by atomic mass is 16.5. The Balaban J connectivity index is 1.65. The van der Waals surface area contributed by atoms with Gasteiger partial charge in [0, 0.05) is 38.5 Å². The number of para-hydroxylation sites is 1. The van der Waals surface area contributed by atoms with Crippen molar-refractivity contribution in [3.8, 4) is 0 Å². The number of piperidine rings is 1. The van der Waals surface area contributed by atoms with Crippen LogP contribution >= 0.6 is 0 Å². The number of likely N-dealkylation sites (tertiary alicyclic amines) is 1. The molecule has 3 rings (SSSR count). The Morgan fingerprint density at radius 1 is 1.36 bits per heavy atom. The lowest BCUT2D eigenvalue weighted by atomic mass is 9.99. The molecule has 0 radical (unpaired) electrons. The minimum absolute atomic E-state index is 0.180. The van der Waals surface area contributed by atoms with Crippen molar-refractivity contribution in [3.63, 3.8) is 0 Å². The summed E-state index contributed by atoms with van der Waals surface area (Å²) in [5.74, 6) is 0.180. The molecule has 0 spiro atoms. The van der Waals surface area contributed by atoms with Crippen LogP contribution in [0.2, 0.25) is 0 Å². The van der Waals surface area contributed by atoms with E-state index in [4.69, 9.17) is 10.5 Å². The summed E-state index contributed by atoms with van der Waals surface area (Å²) in [6, 6.07) is 8.41. The summed E-state index contributed by atoms with van der Waals surface area (Å²) in [5, 5.41) is 0. The molecular formula is C17H25N3O2. The number of anilines is 1. The van der Waals surface area contributed by atoms with Gasteiger partial charge in [-0.1, -0.05) is 18.2 Å². The van der Waals surface area contributed by atoms with E-state index in [-0.39, 0.29) is 18.1 Å². The third kappa shape index (κ3) is 3.02. The normalized spacial score (nSPS) is 25.3. The summed E-state index contributed by atoms with van der Waals surface area (Å²) in [6.07, 6.45) is 3.11. The van der Waals surface area contributed by atoms with Crippen LogP contribution in [0.1, 0.15) is 18.4 Å². The summed E-state index contributed by atoms with van der Waals surface area (Å²) in [6.45, 7) is 2.69. The van der Waals surface area contributed by atoms with E-state index in [1.165, 1.54) is 5.56 Å². The number of hydrogen-bond donors (Lipinski definition) is 1. The number of carbonyl (C=O) groups is 1. The summed E-state index contributed by atoms with van der Waals surface area (Å²) in [4.78, 5) is 16.8. The van der Waals surface area contributed by atoms with Crippen LogP contribution in [0, 0.1) is 0 Å². The molecule has 0 saturated carbocycles. The minimum Gasteiger partial charge on any atom is -0.381 e. The van der Waals surface area contributed by atoms with E-state index in [1.54, 1.807) is 7.11 Å². The molecule has 1 saturated heterocycles. The van der Waals surface area contributed by atoms with Crippen LogP contribution in [0.4, 0.5) is 5.69 Å². The predicted molar refractivity (Wildman–Crippen MR) is 86.9 cm³/mol. The number of hydrogen-bond acceptors (Lipinski definition) is 4. The maximum atomic E-state index is 12.7. The number of methoxy groups -OCH3 is 1. The molecule has 22 heavy (non-hydrogen) atoms. The van der Waals surface area contributed by atoms with E-state index >= 15 is 0 Å². The van der Waals surface area contributed by atoms with Gasteiger partial charge in [0.1, 0.15) is 0 Å². The van der Waals surface area contributed by atoms with Crippen molar-refractivity contribution < 1.29 is 9.53 Å². The van der Waals surface area contributed by atoms with Crippen LogP contribution in [-0.2, 0) is 16.0 Å². The van der Waals surface area contributed by atoms with Gasteiger partial charge >= 0.3 is 0 Å². The van der Waals surface area contributed by atoms with Gasteiger partial charge in [-0.3, -0.25) is 9.69 Å². The summed E-state index contributed by atoms with van der Waals surface area (Å²) in [5.41, 5.74) is 8.23. The molecule has 1 amide bonds. The standard InChI is InChI=1S/C17H25N3O2/c1-22-15-7-8-19(14(10-15)11-18)12-17(21)20-9-6-13-4-2-3-5-16(13)20/h2-5,14-15H,6-12,18H2,1H3. The van der Waals surface area contributed by atoms with Gasteiger partial charge in [0.2, 0.25) is 5.91 Å². The second kappa shape index (κ2) is 6.77. The third-order valence-electron chi connectivity index (χ3n) is 4.92. The van der Waals surface area contributed by atoms with Gasteiger partial charge in [0.25, 0.3) is 0 Å². The Morgan fingerprint density at radius 3 is 2.95 bits per heavy atom. The SMILES string of the molecule is COC1CCN(CC(=O)N2CCc3ccccc32)C(CN)C1. The highest BCUT2D eigenvalue weighted by Gasteiger charge is 2.31. The minimum atomic E-state index is 0.180. The molecule has 2 N–H and O–H groups in total. The topological polar surface area (TPSA) is 58.8 Å². The van der Waals surface area contributed by atoms with E-state index in [9.17, 15) is 4.79 Å². The highest BCUT2D eigenvalue weighted by Crippen LogP contribution is 2.28. The van der Waals surface area contributed by atoms with Crippen molar-refractivity contribution >= 4 is 11.6 Å². The van der Waals surface area contributed by atoms with Crippen molar-refractivity contribution in [3.05, 3.63) is 29.8 Å². The number of amides is 1. The number of nitrogens with zero attached hydrogens (tertiary/aromatic N) is 2. The van der Waals surface area contributed by atoms with E-state index in [2.05, 4.69) is 11.0 Å². The quantitative estimate of drug-likeness (QED) is 0.902. The number of carbonyl (C=O) groups excluding carboxylic acids is 1. The number of benzene rings is 1. The van der Waals surface area contributed by atoms with Crippen LogP contribution in [0.15, 0.2) is 24.3 Å². The van der Waals surface area contributed by atoms with Crippen LogP contribution < -0.4 is 10.6 Å². The molecule has 1 aromatic carbocycles. The van der Waals surface area contributed by atoms with Crippen LogP contribution in [0.3, 0.4) is 0 Å². The second-order valence-corrected chi connectivity index (χ2v) is 6.17. The third-order valence-corrected chi connectivity index (χ3v) is 4.92. The number of fused-ring (bicyclic) bond motifs is 1. The molecule has 2 atom stereocenters. The molecule has 5 nitrogen and oxygen atoms in total. The summed E-state index contributed by atoms with van der Waals surface area (Å²) in [7, 11) is 1.75. The number of ether oxygens (including phenoxy) is 1. The Labute approximate surface area is 132 Å². The lowest BCUT2D eigenvalue weighted by Gasteiger charge is -2.38. The van der Waals surface area contributed by atoms with E-state index in [0.717, 1.165) is 38.0 Å². The highest BCUT2D eigenvalue weighted by molar-refractivity contribution is 5.96. The molecule has 2 heterocycles. The maximum Gasteiger partial charge on any atom is 0.241 e. The summed E-state index contributed by atoms with van der Waals surface area (Å²) < 4.78 is 5.45. The van der Waals surface area contributed by atoms with Crippen molar-refractivity contribution in [1.29, 1.82) is 0 Å². The fourth-order valence-electron chi connectivity index (χ4n) is 3.59. The average Bonchev–Trinajstić information content (AvgIpc) is 2.99. The molecule has 2 aliphatic rings. The van der Waals surface area contributed by atoms with Gasteiger partial charge in [-0.25, -0.2) is 0 Å². The molecule has 0 aliphatic carbocycles. The van der Waals surface area contributed by atoms with Gasteiger partial charge in [0.15, 0.2) is 0 Å². The van der Waals surface area contributed by atoms with Crippen molar-refractivity contribution in [1.82, 2.24) is 4.90 Å². The first kappa shape index (κ1) is 15.5. The van der Waals surface area contributed by atoms with Crippen molar-refractivity contribution in [2.24, 2.45) is 5.73 Å². The Bertz CT molecular complexity index is 534. The molecule has 0 bridgehead atoms. The Hall–Kier alpha value is -1.43. The average molecular weight is 303 g/mol. The molecule has 120 valence electrons. The first-order chi connectivity index (χ1) is 10.7. The molecule has 2 unspecified atom stereocenters. The van der Waals surface area contributed by atoms with Gasteiger partial charge < -0.3 is 15.4 Å². The molecule has 0 aromatic heterocycles. The van der Waals surface area contributed by atoms with Gasteiger partial charge in [0.05, 0.1) is 12.6 Å². The Morgan fingerprint density at radius 2 is 2.18 bits per heavy atom. The zero-order valence-corrected chi connectivity index (χ0v) is 13.2. The molecule has 2 aliphatic heterocycles. The number of rotatable bonds is 4. The monoisotopic (exact) mass is 303 g/mol. The molecule has 5 heteroatoms. The van der Waals surface area contributed by atoms with E-state index < -0.39 is 0 Å². The maximum absolute atomic E-state index is 12.7. The van der Waals surface area contributed by atoms with Crippen LogP contribution in [-0.4, -0.2) is 56.2 Å². The van der Waals surface area contributed by atoms with Crippen molar-refractivity contribution in [2.75, 3.05) is 38.2 Å². The predicted octanol–water partition coefficient (Wildman–Crippen LogP) is 1.01. The molecule has 1 aromatic rings. The fourth-order valence-corrected chi connectivity index (χ4v) is 3.59. The van der Waals surface area contributed by atoms with E-state index in [1.807, 2.05) is 23.1 Å². The summed E-state index contributed by atoms with van der Waals surface area (Å²) >= 11 is 0. The Kier molecular flexibility index (Phi) is 4.76. The van der Waals surface area contributed by atoms with Gasteiger partial charge in [-0.05, 0) is 30.9 Å². The zero-order chi connectivity index (χ0) is 15.5. The zero-order valence-electron chi connectivity index (χ0n) is 13.2. The second-order valence-electron chi connectivity index (χ2n) is 6.17. The molecule has 1 fully saturated rings. The number of nitrogens with two attached hydrogens (primary N) is 1.